The van der Waals surface area contributed by atoms with Gasteiger partial charge in [-0.05, 0) is 25.0 Å². The minimum absolute atomic E-state index is 0.0344. The van der Waals surface area contributed by atoms with Gasteiger partial charge in [-0.2, -0.15) is 0 Å². The van der Waals surface area contributed by atoms with E-state index in [0.29, 0.717) is 11.0 Å². The van der Waals surface area contributed by atoms with E-state index >= 15 is 0 Å². The van der Waals surface area contributed by atoms with Crippen LogP contribution in [0.25, 0.3) is 0 Å². The zero-order valence-electron chi connectivity index (χ0n) is 9.95. The fourth-order valence-electron chi connectivity index (χ4n) is 2.64. The Hall–Kier alpha value is -1.42. The predicted octanol–water partition coefficient (Wildman–Crippen LogP) is 2.31. The van der Waals surface area contributed by atoms with Gasteiger partial charge in [0, 0.05) is 11.8 Å². The van der Waals surface area contributed by atoms with Gasteiger partial charge in [0.2, 0.25) is 0 Å². The first-order chi connectivity index (χ1) is 8.70. The molecule has 0 bridgehead atoms. The molecule has 94 valence electrons. The van der Waals surface area contributed by atoms with Crippen LogP contribution in [0.3, 0.4) is 0 Å². The normalized spacial score (nSPS) is 21.8. The summed E-state index contributed by atoms with van der Waals surface area (Å²) in [5.41, 5.74) is 0.294. The van der Waals surface area contributed by atoms with Crippen molar-refractivity contribution in [1.82, 2.24) is 10.3 Å². The zero-order chi connectivity index (χ0) is 12.6. The van der Waals surface area contributed by atoms with Crippen molar-refractivity contribution in [3.8, 4) is 0 Å². The van der Waals surface area contributed by atoms with Gasteiger partial charge in [0.25, 0.3) is 5.91 Å². The molecule has 3 rings (SSSR count). The van der Waals surface area contributed by atoms with Gasteiger partial charge in [-0.25, -0.2) is 4.98 Å². The molecule has 1 N–H and O–H groups in total. The largest absolute Gasteiger partial charge is 0.308 e. The van der Waals surface area contributed by atoms with Crippen molar-refractivity contribution in [3.05, 3.63) is 29.0 Å². The summed E-state index contributed by atoms with van der Waals surface area (Å²) in [6.45, 7) is 0. The number of aromatic nitrogens is 1. The van der Waals surface area contributed by atoms with E-state index in [-0.39, 0.29) is 5.91 Å². The highest BCUT2D eigenvalue weighted by atomic mass is 35.5. The van der Waals surface area contributed by atoms with E-state index in [1.165, 1.54) is 6.42 Å². The Bertz CT molecular complexity index is 503. The maximum absolute atomic E-state index is 12.1. The molecule has 1 saturated carbocycles. The lowest BCUT2D eigenvalue weighted by molar-refractivity contribution is -0.124. The van der Waals surface area contributed by atoms with Crippen LogP contribution in [0, 0.1) is 0 Å². The average molecular weight is 264 g/mol. The maximum atomic E-state index is 12.1. The first-order valence-electron chi connectivity index (χ1n) is 6.23. The number of rotatable bonds is 1. The summed E-state index contributed by atoms with van der Waals surface area (Å²) in [4.78, 5) is 20.8. The van der Waals surface area contributed by atoms with Crippen LogP contribution in [-0.2, 0) is 4.79 Å². The molecule has 2 heterocycles. The third-order valence-electron chi connectivity index (χ3n) is 3.66. The van der Waals surface area contributed by atoms with Crippen LogP contribution >= 0.6 is 11.6 Å². The molecule has 0 atom stereocenters. The van der Waals surface area contributed by atoms with Crippen LogP contribution in [0.15, 0.2) is 23.3 Å². The second-order valence-corrected chi connectivity index (χ2v) is 5.26. The summed E-state index contributed by atoms with van der Waals surface area (Å²) >= 11 is 5.75. The molecule has 1 aromatic rings. The summed E-state index contributed by atoms with van der Waals surface area (Å²) in [5, 5.41) is 3.32. The summed E-state index contributed by atoms with van der Waals surface area (Å²) < 4.78 is 0. The lowest BCUT2D eigenvalue weighted by Gasteiger charge is -2.27. The Kier molecular flexibility index (Phi) is 2.82. The molecule has 1 fully saturated rings. The number of carbonyl (C=O) groups is 1. The molecule has 1 spiro atoms. The third-order valence-corrected chi connectivity index (χ3v) is 3.89. The van der Waals surface area contributed by atoms with E-state index in [0.717, 1.165) is 31.2 Å². The SMILES string of the molecule is O=C1NC(c2ccc(Cl)nc2)=NC12CCCCC2. The number of hydrogen-bond donors (Lipinski definition) is 1. The van der Waals surface area contributed by atoms with Crippen LogP contribution < -0.4 is 5.32 Å². The smallest absolute Gasteiger partial charge is 0.253 e. The van der Waals surface area contributed by atoms with E-state index in [1.807, 2.05) is 6.07 Å². The van der Waals surface area contributed by atoms with Crippen LogP contribution in [0.1, 0.15) is 37.7 Å². The molecular formula is C13H14ClN3O. The fourth-order valence-corrected chi connectivity index (χ4v) is 2.76. The van der Waals surface area contributed by atoms with Gasteiger partial charge in [0.1, 0.15) is 16.5 Å². The molecule has 0 unspecified atom stereocenters. The van der Waals surface area contributed by atoms with Crippen LogP contribution in [0.4, 0.5) is 0 Å². The van der Waals surface area contributed by atoms with E-state index in [1.54, 1.807) is 12.3 Å². The first-order valence-corrected chi connectivity index (χ1v) is 6.61. The Balaban J connectivity index is 1.92. The number of nitrogens with one attached hydrogen (secondary N) is 1. The van der Waals surface area contributed by atoms with Crippen molar-refractivity contribution in [2.24, 2.45) is 4.99 Å². The van der Waals surface area contributed by atoms with E-state index in [9.17, 15) is 4.79 Å². The Morgan fingerprint density at radius 1 is 1.22 bits per heavy atom. The quantitative estimate of drug-likeness (QED) is 0.791. The van der Waals surface area contributed by atoms with Gasteiger partial charge in [-0.3, -0.25) is 9.79 Å². The standard InChI is InChI=1S/C13H14ClN3O/c14-10-5-4-9(8-15-10)11-16-12(18)13(17-11)6-2-1-3-7-13/h4-5,8H,1-3,6-7H2,(H,16,17,18). The van der Waals surface area contributed by atoms with E-state index in [4.69, 9.17) is 11.6 Å². The Labute approximate surface area is 110 Å². The molecule has 18 heavy (non-hydrogen) atoms. The highest BCUT2D eigenvalue weighted by Crippen LogP contribution is 2.35. The summed E-state index contributed by atoms with van der Waals surface area (Å²) in [6.07, 6.45) is 6.69. The monoisotopic (exact) mass is 263 g/mol. The first kappa shape index (κ1) is 11.7. The number of hydrogen-bond acceptors (Lipinski definition) is 3. The molecule has 2 aliphatic rings. The van der Waals surface area contributed by atoms with Crippen molar-refractivity contribution >= 4 is 23.3 Å². The lowest BCUT2D eigenvalue weighted by atomic mass is 9.82. The van der Waals surface area contributed by atoms with E-state index in [2.05, 4.69) is 15.3 Å². The van der Waals surface area contributed by atoms with Gasteiger partial charge >= 0.3 is 0 Å². The molecule has 1 aliphatic heterocycles. The van der Waals surface area contributed by atoms with Gasteiger partial charge in [-0.15, -0.1) is 0 Å². The fraction of sp³-hybridized carbons (Fsp3) is 0.462. The molecule has 0 aromatic carbocycles. The highest BCUT2D eigenvalue weighted by molar-refractivity contribution is 6.29. The topological polar surface area (TPSA) is 54.4 Å². The number of carbonyl (C=O) groups excluding carboxylic acids is 1. The van der Waals surface area contributed by atoms with Gasteiger partial charge in [0.15, 0.2) is 0 Å². The molecule has 1 amide bonds. The number of nitrogens with zero attached hydrogens (tertiary/aromatic N) is 2. The van der Waals surface area contributed by atoms with Gasteiger partial charge in [0.05, 0.1) is 0 Å². The molecule has 0 radical (unpaired) electrons. The molecule has 4 nitrogen and oxygen atoms in total. The average Bonchev–Trinajstić information content (AvgIpc) is 2.69. The van der Waals surface area contributed by atoms with E-state index < -0.39 is 5.54 Å². The second-order valence-electron chi connectivity index (χ2n) is 4.88. The summed E-state index contributed by atoms with van der Waals surface area (Å²) in [6, 6.07) is 3.54. The molecule has 1 aromatic heterocycles. The number of aliphatic imine (C=N–C) groups is 1. The molecule has 5 heteroatoms. The number of pyridine rings is 1. The van der Waals surface area contributed by atoms with Crippen LogP contribution in [0.2, 0.25) is 5.15 Å². The maximum Gasteiger partial charge on any atom is 0.253 e. The number of amides is 1. The van der Waals surface area contributed by atoms with Gasteiger partial charge in [-0.1, -0.05) is 30.9 Å². The third kappa shape index (κ3) is 1.90. The predicted molar refractivity (Wildman–Crippen MR) is 69.7 cm³/mol. The summed E-state index contributed by atoms with van der Waals surface area (Å²) in [5.74, 6) is 0.665. The van der Waals surface area contributed by atoms with Crippen molar-refractivity contribution in [3.63, 3.8) is 0 Å². The minimum atomic E-state index is -0.521. The minimum Gasteiger partial charge on any atom is -0.308 e. The van der Waals surface area contributed by atoms with Crippen molar-refractivity contribution in [2.45, 2.75) is 37.6 Å². The lowest BCUT2D eigenvalue weighted by Crippen LogP contribution is -2.41. The Morgan fingerprint density at radius 2 is 2.00 bits per heavy atom. The van der Waals surface area contributed by atoms with Crippen molar-refractivity contribution < 1.29 is 4.79 Å². The Morgan fingerprint density at radius 3 is 2.67 bits per heavy atom. The highest BCUT2D eigenvalue weighted by Gasteiger charge is 2.44. The van der Waals surface area contributed by atoms with Gasteiger partial charge < -0.3 is 5.32 Å². The molecule has 0 saturated heterocycles. The molecular weight excluding hydrogens is 250 g/mol. The van der Waals surface area contributed by atoms with Crippen LogP contribution in [0.5, 0.6) is 0 Å². The summed E-state index contributed by atoms with van der Waals surface area (Å²) in [7, 11) is 0. The van der Waals surface area contributed by atoms with Crippen molar-refractivity contribution in [2.75, 3.05) is 0 Å². The number of halogens is 1. The zero-order valence-corrected chi connectivity index (χ0v) is 10.7. The second kappa shape index (κ2) is 4.35. The van der Waals surface area contributed by atoms with Crippen LogP contribution in [-0.4, -0.2) is 22.3 Å². The molecule has 1 aliphatic carbocycles. The number of amidine groups is 1. The van der Waals surface area contributed by atoms with Crippen molar-refractivity contribution in [1.29, 1.82) is 0 Å².